The van der Waals surface area contributed by atoms with Gasteiger partial charge < -0.3 is 14.8 Å². The lowest BCUT2D eigenvalue weighted by molar-refractivity contribution is 0.280. The molecule has 0 aliphatic rings. The van der Waals surface area contributed by atoms with E-state index >= 15 is 0 Å². The molecule has 0 radical (unpaired) electrons. The van der Waals surface area contributed by atoms with Crippen molar-refractivity contribution in [3.05, 3.63) is 58.6 Å². The first-order valence-corrected chi connectivity index (χ1v) is 8.71. The molecule has 0 saturated carbocycles. The summed E-state index contributed by atoms with van der Waals surface area (Å²) in [7, 11) is 1.66. The highest BCUT2D eigenvalue weighted by Gasteiger charge is 2.11. The summed E-state index contributed by atoms with van der Waals surface area (Å²) in [5, 5.41) is 4.19. The van der Waals surface area contributed by atoms with Gasteiger partial charge in [-0.15, -0.1) is 0 Å². The summed E-state index contributed by atoms with van der Waals surface area (Å²) in [6.07, 6.45) is 1.16. The molecule has 24 heavy (non-hydrogen) atoms. The molecule has 0 saturated heterocycles. The van der Waals surface area contributed by atoms with Crippen LogP contribution in [0.4, 0.5) is 0 Å². The van der Waals surface area contributed by atoms with Crippen LogP contribution in [-0.2, 0) is 13.2 Å². The highest BCUT2D eigenvalue weighted by atomic mass is 35.5. The Morgan fingerprint density at radius 1 is 1.12 bits per heavy atom. The Morgan fingerprint density at radius 3 is 2.62 bits per heavy atom. The Balaban J connectivity index is 2.05. The van der Waals surface area contributed by atoms with Crippen LogP contribution in [0.3, 0.4) is 0 Å². The Labute approximate surface area is 149 Å². The fraction of sp³-hybridized carbons (Fsp3) is 0.400. The second-order valence-electron chi connectivity index (χ2n) is 6.23. The van der Waals surface area contributed by atoms with Crippen LogP contribution in [-0.4, -0.2) is 13.7 Å². The van der Waals surface area contributed by atoms with Gasteiger partial charge in [0.1, 0.15) is 6.61 Å². The predicted octanol–water partition coefficient (Wildman–Crippen LogP) is 5.06. The Bertz CT molecular complexity index is 643. The molecule has 4 heteroatoms. The van der Waals surface area contributed by atoms with Crippen LogP contribution >= 0.6 is 11.6 Å². The second-order valence-corrected chi connectivity index (χ2v) is 6.66. The van der Waals surface area contributed by atoms with Crippen molar-refractivity contribution in [3.8, 4) is 11.5 Å². The summed E-state index contributed by atoms with van der Waals surface area (Å²) in [4.78, 5) is 0. The smallest absolute Gasteiger partial charge is 0.166 e. The molecular weight excluding hydrogens is 322 g/mol. The van der Waals surface area contributed by atoms with E-state index in [2.05, 4.69) is 25.2 Å². The van der Waals surface area contributed by atoms with Crippen molar-refractivity contribution < 1.29 is 9.47 Å². The molecule has 0 aliphatic heterocycles. The standard InChI is InChI=1S/C20H26ClNO2/c1-15(2)10-11-22-13-17-7-5-9-19(23-3)20(17)24-14-16-6-4-8-18(21)12-16/h4-9,12,15,22H,10-11,13-14H2,1-3H3. The maximum Gasteiger partial charge on any atom is 0.166 e. The Kier molecular flexibility index (Phi) is 7.41. The zero-order chi connectivity index (χ0) is 17.4. The molecular formula is C20H26ClNO2. The molecule has 130 valence electrons. The van der Waals surface area contributed by atoms with E-state index in [1.807, 2.05) is 36.4 Å². The molecule has 0 heterocycles. The van der Waals surface area contributed by atoms with E-state index in [0.29, 0.717) is 17.5 Å². The molecule has 0 spiro atoms. The third kappa shape index (κ3) is 5.73. The summed E-state index contributed by atoms with van der Waals surface area (Å²) in [6.45, 7) is 6.66. The van der Waals surface area contributed by atoms with Crippen LogP contribution in [0.2, 0.25) is 5.02 Å². The third-order valence-corrected chi connectivity index (χ3v) is 4.00. The zero-order valence-electron chi connectivity index (χ0n) is 14.6. The average Bonchev–Trinajstić information content (AvgIpc) is 2.57. The molecule has 0 bridgehead atoms. The summed E-state index contributed by atoms with van der Waals surface area (Å²) < 4.78 is 11.5. The number of halogens is 1. The topological polar surface area (TPSA) is 30.5 Å². The molecule has 2 aromatic rings. The van der Waals surface area contributed by atoms with Crippen molar-refractivity contribution in [2.24, 2.45) is 5.92 Å². The van der Waals surface area contributed by atoms with Gasteiger partial charge in [0.05, 0.1) is 7.11 Å². The van der Waals surface area contributed by atoms with E-state index in [4.69, 9.17) is 21.1 Å². The molecule has 0 unspecified atom stereocenters. The lowest BCUT2D eigenvalue weighted by Gasteiger charge is -2.16. The normalized spacial score (nSPS) is 10.9. The molecule has 1 N–H and O–H groups in total. The maximum absolute atomic E-state index is 6.05. The van der Waals surface area contributed by atoms with Gasteiger partial charge in [0, 0.05) is 17.1 Å². The van der Waals surface area contributed by atoms with Crippen LogP contribution in [0.5, 0.6) is 11.5 Å². The lowest BCUT2D eigenvalue weighted by atomic mass is 10.1. The first-order chi connectivity index (χ1) is 11.6. The van der Waals surface area contributed by atoms with Crippen LogP contribution < -0.4 is 14.8 Å². The molecule has 0 aromatic heterocycles. The average molecular weight is 348 g/mol. The van der Waals surface area contributed by atoms with E-state index in [9.17, 15) is 0 Å². The van der Waals surface area contributed by atoms with Crippen molar-refractivity contribution in [1.29, 1.82) is 0 Å². The van der Waals surface area contributed by atoms with Crippen molar-refractivity contribution in [2.75, 3.05) is 13.7 Å². The van der Waals surface area contributed by atoms with Gasteiger partial charge in [0.2, 0.25) is 0 Å². The fourth-order valence-electron chi connectivity index (χ4n) is 2.42. The fourth-order valence-corrected chi connectivity index (χ4v) is 2.63. The summed E-state index contributed by atoms with van der Waals surface area (Å²) >= 11 is 6.04. The second kappa shape index (κ2) is 9.55. The number of para-hydroxylation sites is 1. The largest absolute Gasteiger partial charge is 0.493 e. The molecule has 0 fully saturated rings. The number of nitrogens with one attached hydrogen (secondary N) is 1. The molecule has 0 amide bonds. The van der Waals surface area contributed by atoms with Crippen LogP contribution in [0.1, 0.15) is 31.4 Å². The summed E-state index contributed by atoms with van der Waals surface area (Å²) in [5.74, 6) is 2.23. The van der Waals surface area contributed by atoms with Gasteiger partial charge in [-0.3, -0.25) is 0 Å². The van der Waals surface area contributed by atoms with Gasteiger partial charge in [-0.25, -0.2) is 0 Å². The zero-order valence-corrected chi connectivity index (χ0v) is 15.4. The molecule has 0 aliphatic carbocycles. The Morgan fingerprint density at radius 2 is 1.92 bits per heavy atom. The van der Waals surface area contributed by atoms with E-state index in [1.54, 1.807) is 7.11 Å². The maximum atomic E-state index is 6.05. The molecule has 2 rings (SSSR count). The van der Waals surface area contributed by atoms with E-state index < -0.39 is 0 Å². The van der Waals surface area contributed by atoms with Crippen LogP contribution in [0.15, 0.2) is 42.5 Å². The summed E-state index contributed by atoms with van der Waals surface area (Å²) in [5.41, 5.74) is 2.13. The lowest BCUT2D eigenvalue weighted by Crippen LogP contribution is -2.17. The number of benzene rings is 2. The van der Waals surface area contributed by atoms with E-state index in [-0.39, 0.29) is 0 Å². The Hall–Kier alpha value is -1.71. The minimum Gasteiger partial charge on any atom is -0.493 e. The van der Waals surface area contributed by atoms with Crippen molar-refractivity contribution in [3.63, 3.8) is 0 Å². The van der Waals surface area contributed by atoms with E-state index in [1.165, 1.54) is 0 Å². The van der Waals surface area contributed by atoms with Gasteiger partial charge in [-0.2, -0.15) is 0 Å². The van der Waals surface area contributed by atoms with Crippen molar-refractivity contribution in [2.45, 2.75) is 33.4 Å². The molecule has 0 atom stereocenters. The van der Waals surface area contributed by atoms with Crippen molar-refractivity contribution in [1.82, 2.24) is 5.32 Å². The van der Waals surface area contributed by atoms with Gasteiger partial charge >= 0.3 is 0 Å². The predicted molar refractivity (Wildman–Crippen MR) is 99.9 cm³/mol. The quantitative estimate of drug-likeness (QED) is 0.643. The van der Waals surface area contributed by atoms with E-state index in [0.717, 1.165) is 42.1 Å². The minimum atomic E-state index is 0.458. The molecule has 2 aromatic carbocycles. The number of methoxy groups -OCH3 is 1. The van der Waals surface area contributed by atoms with Gasteiger partial charge in [-0.05, 0) is 42.6 Å². The minimum absolute atomic E-state index is 0.458. The third-order valence-electron chi connectivity index (χ3n) is 3.77. The highest BCUT2D eigenvalue weighted by Crippen LogP contribution is 2.32. The SMILES string of the molecule is COc1cccc(CNCCC(C)C)c1OCc1cccc(Cl)c1. The number of rotatable bonds is 9. The molecule has 3 nitrogen and oxygen atoms in total. The van der Waals surface area contributed by atoms with Crippen LogP contribution in [0.25, 0.3) is 0 Å². The first-order valence-electron chi connectivity index (χ1n) is 8.34. The van der Waals surface area contributed by atoms with Gasteiger partial charge in [0.15, 0.2) is 11.5 Å². The van der Waals surface area contributed by atoms with Crippen LogP contribution in [0, 0.1) is 5.92 Å². The number of hydrogen-bond acceptors (Lipinski definition) is 3. The summed E-state index contributed by atoms with van der Waals surface area (Å²) in [6, 6.07) is 13.7. The highest BCUT2D eigenvalue weighted by molar-refractivity contribution is 6.30. The number of ether oxygens (including phenoxy) is 2. The monoisotopic (exact) mass is 347 g/mol. The number of hydrogen-bond donors (Lipinski definition) is 1. The van der Waals surface area contributed by atoms with Gasteiger partial charge in [0.25, 0.3) is 0 Å². The van der Waals surface area contributed by atoms with Gasteiger partial charge in [-0.1, -0.05) is 49.7 Å². The first kappa shape index (κ1) is 18.6. The van der Waals surface area contributed by atoms with Crippen molar-refractivity contribution >= 4 is 11.6 Å².